The number of carbonyl (C=O) groups is 1. The Morgan fingerprint density at radius 3 is 2.29 bits per heavy atom. The lowest BCUT2D eigenvalue weighted by atomic mass is 9.81. The van der Waals surface area contributed by atoms with E-state index in [0.717, 1.165) is 18.1 Å². The molecule has 2 aliphatic heterocycles. The Labute approximate surface area is 104 Å². The van der Waals surface area contributed by atoms with Gasteiger partial charge in [0.2, 0.25) is 5.91 Å². The number of rotatable bonds is 3. The van der Waals surface area contributed by atoms with Crippen molar-refractivity contribution in [1.82, 2.24) is 5.32 Å². The first-order chi connectivity index (χ1) is 8.28. The number of amides is 1. The van der Waals surface area contributed by atoms with Crippen LogP contribution in [0.25, 0.3) is 0 Å². The second-order valence-electron chi connectivity index (χ2n) is 6.19. The molecule has 1 saturated carbocycles. The maximum Gasteiger partial charge on any atom is 0.219 e. The van der Waals surface area contributed by atoms with Gasteiger partial charge in [-0.1, -0.05) is 6.92 Å². The summed E-state index contributed by atoms with van der Waals surface area (Å²) in [4.78, 5) is 13.4. The molecule has 3 fully saturated rings. The van der Waals surface area contributed by atoms with Gasteiger partial charge in [-0.25, -0.2) is 0 Å². The first kappa shape index (κ1) is 11.5. The molecule has 2 unspecified atom stereocenters. The Balaban J connectivity index is 1.64. The van der Waals surface area contributed by atoms with Crippen molar-refractivity contribution in [3.05, 3.63) is 0 Å². The second kappa shape index (κ2) is 4.60. The highest BCUT2D eigenvalue weighted by Crippen LogP contribution is 2.27. The molecule has 96 valence electrons. The number of quaternary nitrogens is 1. The molecule has 0 aromatic rings. The van der Waals surface area contributed by atoms with Gasteiger partial charge in [0, 0.05) is 38.1 Å². The summed E-state index contributed by atoms with van der Waals surface area (Å²) in [5.41, 5.74) is 0. The van der Waals surface area contributed by atoms with Crippen LogP contribution in [0.2, 0.25) is 0 Å². The molecule has 1 aliphatic carbocycles. The fourth-order valence-electron chi connectivity index (χ4n) is 4.10. The Kier molecular flexibility index (Phi) is 3.12. The molecule has 2 N–H and O–H groups in total. The molecule has 3 nitrogen and oxygen atoms in total. The standard InChI is InChI=1S/C14H24N2O/c1-2-14(17)15-10-8-12-4-3-5-13(9-10)16(12)11-6-7-11/h10-13H,2-9H2,1H3,(H,15,17)/p+1/t10?,12-,13+. The Hall–Kier alpha value is -0.570. The number of carbonyl (C=O) groups excluding carboxylic acids is 1. The molecule has 2 bridgehead atoms. The van der Waals surface area contributed by atoms with Gasteiger partial charge < -0.3 is 10.2 Å². The average molecular weight is 237 g/mol. The van der Waals surface area contributed by atoms with Crippen molar-refractivity contribution in [1.29, 1.82) is 0 Å². The van der Waals surface area contributed by atoms with E-state index in [9.17, 15) is 4.79 Å². The molecule has 4 atom stereocenters. The third-order valence-electron chi connectivity index (χ3n) is 4.92. The minimum Gasteiger partial charge on any atom is -0.353 e. The van der Waals surface area contributed by atoms with E-state index in [1.807, 2.05) is 11.8 Å². The Morgan fingerprint density at radius 2 is 1.76 bits per heavy atom. The lowest BCUT2D eigenvalue weighted by molar-refractivity contribution is -0.971. The van der Waals surface area contributed by atoms with E-state index >= 15 is 0 Å². The van der Waals surface area contributed by atoms with Gasteiger partial charge in [-0.05, 0) is 19.3 Å². The Morgan fingerprint density at radius 1 is 1.12 bits per heavy atom. The zero-order valence-corrected chi connectivity index (χ0v) is 10.9. The first-order valence-electron chi connectivity index (χ1n) is 7.44. The molecule has 0 radical (unpaired) electrons. The summed E-state index contributed by atoms with van der Waals surface area (Å²) in [5.74, 6) is 0.239. The summed E-state index contributed by atoms with van der Waals surface area (Å²) in [7, 11) is 0. The fourth-order valence-corrected chi connectivity index (χ4v) is 4.10. The molecule has 0 aromatic heterocycles. The highest BCUT2D eigenvalue weighted by atomic mass is 16.1. The van der Waals surface area contributed by atoms with Gasteiger partial charge in [0.25, 0.3) is 0 Å². The van der Waals surface area contributed by atoms with E-state index in [0.29, 0.717) is 12.5 Å². The van der Waals surface area contributed by atoms with Crippen LogP contribution < -0.4 is 10.2 Å². The van der Waals surface area contributed by atoms with Crippen LogP contribution in [0.4, 0.5) is 0 Å². The van der Waals surface area contributed by atoms with Crippen molar-refractivity contribution in [2.24, 2.45) is 0 Å². The Bertz CT molecular complexity index is 287. The van der Waals surface area contributed by atoms with Crippen LogP contribution in [0.15, 0.2) is 0 Å². The average Bonchev–Trinajstić information content (AvgIpc) is 3.11. The van der Waals surface area contributed by atoms with Crippen molar-refractivity contribution in [2.75, 3.05) is 0 Å². The number of hydrogen-bond acceptors (Lipinski definition) is 1. The van der Waals surface area contributed by atoms with Crippen LogP contribution in [0.3, 0.4) is 0 Å². The van der Waals surface area contributed by atoms with E-state index in [2.05, 4.69) is 5.32 Å². The third kappa shape index (κ3) is 2.35. The van der Waals surface area contributed by atoms with E-state index in [4.69, 9.17) is 0 Å². The summed E-state index contributed by atoms with van der Waals surface area (Å²) in [6.07, 6.45) is 10.2. The summed E-state index contributed by atoms with van der Waals surface area (Å²) >= 11 is 0. The van der Waals surface area contributed by atoms with Gasteiger partial charge in [-0.3, -0.25) is 4.79 Å². The van der Waals surface area contributed by atoms with Crippen LogP contribution in [0.1, 0.15) is 58.3 Å². The van der Waals surface area contributed by atoms with Crippen LogP contribution in [-0.4, -0.2) is 30.1 Å². The van der Waals surface area contributed by atoms with Crippen molar-refractivity contribution in [2.45, 2.75) is 82.5 Å². The predicted molar refractivity (Wildman–Crippen MR) is 66.9 cm³/mol. The molecule has 0 aromatic carbocycles. The summed E-state index contributed by atoms with van der Waals surface area (Å²) in [5, 5.41) is 3.22. The van der Waals surface area contributed by atoms with Crippen molar-refractivity contribution in [3.63, 3.8) is 0 Å². The largest absolute Gasteiger partial charge is 0.353 e. The molecule has 2 heterocycles. The van der Waals surface area contributed by atoms with Crippen LogP contribution >= 0.6 is 0 Å². The maximum absolute atomic E-state index is 11.5. The lowest BCUT2D eigenvalue weighted by Gasteiger charge is -2.46. The molecular weight excluding hydrogens is 212 g/mol. The number of fused-ring (bicyclic) bond motifs is 2. The van der Waals surface area contributed by atoms with E-state index in [1.54, 1.807) is 0 Å². The van der Waals surface area contributed by atoms with Crippen LogP contribution in [0, 0.1) is 0 Å². The molecular formula is C14H25N2O+. The van der Waals surface area contributed by atoms with Crippen molar-refractivity contribution >= 4 is 5.91 Å². The molecule has 0 spiro atoms. The summed E-state index contributed by atoms with van der Waals surface area (Å²) in [6.45, 7) is 1.95. The van der Waals surface area contributed by atoms with Gasteiger partial charge in [0.15, 0.2) is 0 Å². The number of hydrogen-bond donors (Lipinski definition) is 2. The second-order valence-corrected chi connectivity index (χ2v) is 6.19. The van der Waals surface area contributed by atoms with Crippen LogP contribution in [-0.2, 0) is 4.79 Å². The minimum absolute atomic E-state index is 0.239. The van der Waals surface area contributed by atoms with Gasteiger partial charge in [-0.15, -0.1) is 0 Å². The lowest BCUT2D eigenvalue weighted by Crippen LogP contribution is -3.22. The van der Waals surface area contributed by atoms with Gasteiger partial charge in [0.1, 0.15) is 0 Å². The molecule has 3 aliphatic rings. The van der Waals surface area contributed by atoms with Gasteiger partial charge in [-0.2, -0.15) is 0 Å². The maximum atomic E-state index is 11.5. The highest BCUT2D eigenvalue weighted by Gasteiger charge is 2.48. The smallest absolute Gasteiger partial charge is 0.219 e. The zero-order chi connectivity index (χ0) is 11.8. The topological polar surface area (TPSA) is 33.5 Å². The molecule has 3 rings (SSSR count). The SMILES string of the molecule is CCC(=O)NC1C[C@H]2CCC[C@@H](C1)[NH+]2C1CC1. The normalized spacial score (nSPS) is 41.0. The van der Waals surface area contributed by atoms with E-state index in [1.165, 1.54) is 44.9 Å². The number of piperidine rings is 2. The predicted octanol–water partition coefficient (Wildman–Crippen LogP) is 0.643. The highest BCUT2D eigenvalue weighted by molar-refractivity contribution is 5.75. The molecule has 1 amide bonds. The third-order valence-corrected chi connectivity index (χ3v) is 4.92. The van der Waals surface area contributed by atoms with E-state index in [-0.39, 0.29) is 5.91 Å². The van der Waals surface area contributed by atoms with E-state index < -0.39 is 0 Å². The summed E-state index contributed by atoms with van der Waals surface area (Å²) < 4.78 is 0. The molecule has 2 saturated heterocycles. The van der Waals surface area contributed by atoms with Crippen LogP contribution in [0.5, 0.6) is 0 Å². The molecule has 3 heteroatoms. The molecule has 17 heavy (non-hydrogen) atoms. The quantitative estimate of drug-likeness (QED) is 0.742. The first-order valence-corrected chi connectivity index (χ1v) is 7.44. The zero-order valence-electron chi connectivity index (χ0n) is 10.9. The van der Waals surface area contributed by atoms with Gasteiger partial charge in [0.05, 0.1) is 18.1 Å². The van der Waals surface area contributed by atoms with Crippen molar-refractivity contribution < 1.29 is 9.69 Å². The van der Waals surface area contributed by atoms with Crippen molar-refractivity contribution in [3.8, 4) is 0 Å². The number of nitrogens with one attached hydrogen (secondary N) is 2. The minimum atomic E-state index is 0.239. The summed E-state index contributed by atoms with van der Waals surface area (Å²) in [6, 6.07) is 3.14. The fraction of sp³-hybridized carbons (Fsp3) is 0.929. The monoisotopic (exact) mass is 237 g/mol. The van der Waals surface area contributed by atoms with Gasteiger partial charge >= 0.3 is 0 Å².